The molecule has 0 unspecified atom stereocenters. The van der Waals surface area contributed by atoms with Crippen molar-refractivity contribution in [1.82, 2.24) is 4.57 Å². The molecule has 0 radical (unpaired) electrons. The average molecular weight is 408 g/mol. The lowest BCUT2D eigenvalue weighted by Crippen LogP contribution is -2.17. The van der Waals surface area contributed by atoms with E-state index >= 15 is 0 Å². The fraction of sp³-hybridized carbons (Fsp3) is 0.182. The second-order valence-corrected chi connectivity index (χ2v) is 7.43. The van der Waals surface area contributed by atoms with Crippen molar-refractivity contribution >= 4 is 38.2 Å². The third kappa shape index (κ3) is 3.82. The number of thiazole rings is 1. The van der Waals surface area contributed by atoms with Crippen molar-refractivity contribution in [3.05, 3.63) is 59.4 Å². The van der Waals surface area contributed by atoms with Gasteiger partial charge in [-0.1, -0.05) is 41.7 Å². The quantitative estimate of drug-likeness (QED) is 0.502. The first-order chi connectivity index (χ1) is 14.1. The molecule has 29 heavy (non-hydrogen) atoms. The molecule has 148 valence electrons. The van der Waals surface area contributed by atoms with E-state index < -0.39 is 0 Å². The van der Waals surface area contributed by atoms with Crippen LogP contribution in [0, 0.1) is 0 Å². The van der Waals surface area contributed by atoms with Gasteiger partial charge in [0.05, 0.1) is 24.4 Å². The lowest BCUT2D eigenvalue weighted by Gasteiger charge is -2.07. The number of aryl methyl sites for hydroxylation is 1. The Kier molecular flexibility index (Phi) is 5.22. The van der Waals surface area contributed by atoms with Crippen molar-refractivity contribution in [3.8, 4) is 17.2 Å². The van der Waals surface area contributed by atoms with Crippen LogP contribution in [0.4, 0.5) is 0 Å². The van der Waals surface area contributed by atoms with E-state index in [1.807, 2.05) is 66.2 Å². The molecule has 4 aromatic rings. The number of nitrogens with zero attached hydrogens (tertiary/aromatic N) is 2. The molecule has 3 aromatic carbocycles. The summed E-state index contributed by atoms with van der Waals surface area (Å²) in [5, 5.41) is 2.19. The number of fused-ring (bicyclic) bond motifs is 2. The Labute approximate surface area is 171 Å². The minimum atomic E-state index is -0.348. The van der Waals surface area contributed by atoms with Crippen LogP contribution in [0.3, 0.4) is 0 Å². The average Bonchev–Trinajstić information content (AvgIpc) is 3.05. The SMILES string of the molecule is COc1cc2sc(=NC(=O)COc3ccc4ccccc4c3)n(C)c2cc1OC. The molecule has 0 aliphatic heterocycles. The molecule has 0 N–H and O–H groups in total. The predicted octanol–water partition coefficient (Wildman–Crippen LogP) is 3.92. The van der Waals surface area contributed by atoms with Crippen LogP contribution in [0.1, 0.15) is 0 Å². The third-order valence-corrected chi connectivity index (χ3v) is 5.71. The summed E-state index contributed by atoms with van der Waals surface area (Å²) in [6, 6.07) is 17.5. The van der Waals surface area contributed by atoms with Gasteiger partial charge in [0.25, 0.3) is 5.91 Å². The Morgan fingerprint density at radius 3 is 2.48 bits per heavy atom. The predicted molar refractivity (Wildman–Crippen MR) is 114 cm³/mol. The minimum absolute atomic E-state index is 0.126. The molecule has 0 atom stereocenters. The number of rotatable bonds is 5. The smallest absolute Gasteiger partial charge is 0.286 e. The summed E-state index contributed by atoms with van der Waals surface area (Å²) in [5.41, 5.74) is 0.912. The van der Waals surface area contributed by atoms with Crippen LogP contribution in [-0.4, -0.2) is 31.3 Å². The molecule has 4 rings (SSSR count). The van der Waals surface area contributed by atoms with E-state index in [2.05, 4.69) is 4.99 Å². The van der Waals surface area contributed by atoms with E-state index in [9.17, 15) is 4.79 Å². The normalized spacial score (nSPS) is 11.8. The summed E-state index contributed by atoms with van der Waals surface area (Å²) in [4.78, 5) is 17.2. The second-order valence-electron chi connectivity index (χ2n) is 6.42. The topological polar surface area (TPSA) is 62.0 Å². The van der Waals surface area contributed by atoms with Crippen LogP contribution in [0.25, 0.3) is 21.0 Å². The number of carbonyl (C=O) groups excluding carboxylic acids is 1. The number of benzene rings is 3. The van der Waals surface area contributed by atoms with E-state index in [-0.39, 0.29) is 12.5 Å². The van der Waals surface area contributed by atoms with Crippen LogP contribution in [0.5, 0.6) is 17.2 Å². The zero-order valence-electron chi connectivity index (χ0n) is 16.3. The largest absolute Gasteiger partial charge is 0.493 e. The molecule has 7 heteroatoms. The van der Waals surface area contributed by atoms with Gasteiger partial charge in [-0.3, -0.25) is 4.79 Å². The molecule has 0 bridgehead atoms. The van der Waals surface area contributed by atoms with Crippen molar-refractivity contribution < 1.29 is 19.0 Å². The molecule has 1 amide bonds. The Hall–Kier alpha value is -3.32. The zero-order valence-corrected chi connectivity index (χ0v) is 17.2. The molecule has 1 aromatic heterocycles. The maximum atomic E-state index is 12.4. The van der Waals surface area contributed by atoms with Crippen molar-refractivity contribution in [2.24, 2.45) is 12.0 Å². The molecule has 0 fully saturated rings. The van der Waals surface area contributed by atoms with Crippen molar-refractivity contribution in [2.45, 2.75) is 0 Å². The fourth-order valence-electron chi connectivity index (χ4n) is 3.10. The van der Waals surface area contributed by atoms with E-state index in [1.54, 1.807) is 14.2 Å². The maximum Gasteiger partial charge on any atom is 0.286 e. The molecular weight excluding hydrogens is 388 g/mol. The van der Waals surface area contributed by atoms with E-state index in [0.29, 0.717) is 22.0 Å². The highest BCUT2D eigenvalue weighted by Gasteiger charge is 2.11. The number of carbonyl (C=O) groups is 1. The van der Waals surface area contributed by atoms with Gasteiger partial charge in [0, 0.05) is 19.2 Å². The van der Waals surface area contributed by atoms with Crippen molar-refractivity contribution in [2.75, 3.05) is 20.8 Å². The zero-order chi connectivity index (χ0) is 20.4. The van der Waals surface area contributed by atoms with Crippen LogP contribution in [0.15, 0.2) is 59.6 Å². The Bertz CT molecular complexity index is 1270. The van der Waals surface area contributed by atoms with E-state index in [0.717, 1.165) is 21.0 Å². The van der Waals surface area contributed by atoms with Crippen LogP contribution in [-0.2, 0) is 11.8 Å². The number of amides is 1. The van der Waals surface area contributed by atoms with Gasteiger partial charge < -0.3 is 18.8 Å². The summed E-state index contributed by atoms with van der Waals surface area (Å²) < 4.78 is 19.2. The maximum absolute atomic E-state index is 12.4. The summed E-state index contributed by atoms with van der Waals surface area (Å²) in [7, 11) is 5.05. The number of methoxy groups -OCH3 is 2. The number of hydrogen-bond donors (Lipinski definition) is 0. The Morgan fingerprint density at radius 1 is 1.00 bits per heavy atom. The molecule has 0 aliphatic rings. The van der Waals surface area contributed by atoms with E-state index in [4.69, 9.17) is 14.2 Å². The van der Waals surface area contributed by atoms with Gasteiger partial charge in [0.1, 0.15) is 5.75 Å². The standard InChI is InChI=1S/C22H20N2O4S/c1-24-17-11-18(26-2)19(27-3)12-20(17)29-22(24)23-21(25)13-28-16-9-8-14-6-4-5-7-15(14)10-16/h4-12H,13H2,1-3H3. The fourth-order valence-corrected chi connectivity index (χ4v) is 4.15. The summed E-state index contributed by atoms with van der Waals surface area (Å²) >= 11 is 1.41. The minimum Gasteiger partial charge on any atom is -0.493 e. The molecule has 0 spiro atoms. The van der Waals surface area contributed by atoms with Crippen molar-refractivity contribution in [1.29, 1.82) is 0 Å². The highest BCUT2D eigenvalue weighted by Crippen LogP contribution is 2.33. The first kappa shape index (κ1) is 19.0. The van der Waals surface area contributed by atoms with Gasteiger partial charge in [-0.25, -0.2) is 0 Å². The Morgan fingerprint density at radius 2 is 1.72 bits per heavy atom. The summed E-state index contributed by atoms with van der Waals surface area (Å²) in [6.07, 6.45) is 0. The number of aromatic nitrogens is 1. The third-order valence-electron chi connectivity index (χ3n) is 4.62. The van der Waals surface area contributed by atoms with Crippen LogP contribution < -0.4 is 19.0 Å². The van der Waals surface area contributed by atoms with Crippen LogP contribution >= 0.6 is 11.3 Å². The molecule has 0 saturated carbocycles. The van der Waals surface area contributed by atoms with Gasteiger partial charge in [-0.2, -0.15) is 4.99 Å². The van der Waals surface area contributed by atoms with Crippen molar-refractivity contribution in [3.63, 3.8) is 0 Å². The first-order valence-corrected chi connectivity index (χ1v) is 9.81. The molecule has 6 nitrogen and oxygen atoms in total. The lowest BCUT2D eigenvalue weighted by molar-refractivity contribution is -0.120. The number of hydrogen-bond acceptors (Lipinski definition) is 5. The van der Waals surface area contributed by atoms with Gasteiger partial charge in [0.2, 0.25) is 0 Å². The molecule has 0 saturated heterocycles. The van der Waals surface area contributed by atoms with Gasteiger partial charge in [0.15, 0.2) is 22.9 Å². The molecular formula is C22H20N2O4S. The second kappa shape index (κ2) is 7.97. The van der Waals surface area contributed by atoms with Crippen LogP contribution in [0.2, 0.25) is 0 Å². The highest BCUT2D eigenvalue weighted by molar-refractivity contribution is 7.16. The summed E-state index contributed by atoms with van der Waals surface area (Å²) in [6.45, 7) is -0.126. The Balaban J connectivity index is 1.57. The van der Waals surface area contributed by atoms with Gasteiger partial charge >= 0.3 is 0 Å². The van der Waals surface area contributed by atoms with Gasteiger partial charge in [-0.15, -0.1) is 0 Å². The monoisotopic (exact) mass is 408 g/mol. The highest BCUT2D eigenvalue weighted by atomic mass is 32.1. The number of ether oxygens (including phenoxy) is 3. The first-order valence-electron chi connectivity index (χ1n) is 9.00. The lowest BCUT2D eigenvalue weighted by atomic mass is 10.1. The summed E-state index contributed by atoms with van der Waals surface area (Å²) in [5.74, 6) is 1.56. The van der Waals surface area contributed by atoms with E-state index in [1.165, 1.54) is 11.3 Å². The molecule has 0 aliphatic carbocycles. The van der Waals surface area contributed by atoms with Gasteiger partial charge in [-0.05, 0) is 22.9 Å². The molecule has 1 heterocycles.